The molecule has 4 nitrogen and oxygen atoms in total. The van der Waals surface area contributed by atoms with Gasteiger partial charge in [-0.15, -0.1) is 0 Å². The summed E-state index contributed by atoms with van der Waals surface area (Å²) in [7, 11) is 1.08. The molecule has 1 aliphatic rings. The molecule has 0 spiro atoms. The van der Waals surface area contributed by atoms with Crippen molar-refractivity contribution in [1.82, 2.24) is 4.90 Å². The minimum atomic E-state index is -2.98. The number of rotatable bonds is 8. The highest BCUT2D eigenvalue weighted by Crippen LogP contribution is 2.48. The molecule has 0 unspecified atom stereocenters. The van der Waals surface area contributed by atoms with Gasteiger partial charge in [-0.25, -0.2) is 0 Å². The zero-order chi connectivity index (χ0) is 14.3. The number of nitrogens with zero attached hydrogens (tertiary/aromatic N) is 1. The van der Waals surface area contributed by atoms with Gasteiger partial charge in [0.25, 0.3) is 0 Å². The van der Waals surface area contributed by atoms with Crippen molar-refractivity contribution in [3.05, 3.63) is 35.5 Å². The number of likely N-dealkylation sites (N-methyl/N-ethyl adjacent to an activating group) is 1. The van der Waals surface area contributed by atoms with Crippen molar-refractivity contribution in [2.24, 2.45) is 0 Å². The summed E-state index contributed by atoms with van der Waals surface area (Å²) in [4.78, 5) is 2.11. The third kappa shape index (κ3) is 5.45. The molecule has 1 rings (SSSR count). The minimum absolute atomic E-state index is 0.319. The van der Waals surface area contributed by atoms with Crippen LogP contribution in [0.2, 0.25) is 0 Å². The van der Waals surface area contributed by atoms with Crippen LogP contribution in [0.25, 0.3) is 0 Å². The number of hydrogen-bond acceptors (Lipinski definition) is 4. The van der Waals surface area contributed by atoms with Gasteiger partial charge in [0.05, 0.1) is 19.4 Å². The second-order valence-electron chi connectivity index (χ2n) is 4.58. The Kier molecular flexibility index (Phi) is 6.73. The molecule has 19 heavy (non-hydrogen) atoms. The van der Waals surface area contributed by atoms with E-state index < -0.39 is 7.60 Å². The molecule has 0 amide bonds. The van der Waals surface area contributed by atoms with Crippen LogP contribution >= 0.6 is 7.60 Å². The summed E-state index contributed by atoms with van der Waals surface area (Å²) in [5.74, 6) is 0. The predicted molar refractivity (Wildman–Crippen MR) is 79.6 cm³/mol. The highest BCUT2D eigenvalue weighted by atomic mass is 31.2. The van der Waals surface area contributed by atoms with Crippen LogP contribution < -0.4 is 0 Å². The summed E-state index contributed by atoms with van der Waals surface area (Å²) in [5.41, 5.74) is 2.33. The molecule has 0 aromatic rings. The van der Waals surface area contributed by atoms with Crippen molar-refractivity contribution in [3.8, 4) is 0 Å². The van der Waals surface area contributed by atoms with Crippen LogP contribution in [0.15, 0.2) is 35.5 Å². The molecule has 0 heterocycles. The summed E-state index contributed by atoms with van der Waals surface area (Å²) < 4.78 is 22.9. The second-order valence-corrected chi connectivity index (χ2v) is 6.68. The van der Waals surface area contributed by atoms with Crippen molar-refractivity contribution in [3.63, 3.8) is 0 Å². The highest BCUT2D eigenvalue weighted by molar-refractivity contribution is 7.54. The van der Waals surface area contributed by atoms with Crippen molar-refractivity contribution >= 4 is 7.60 Å². The first-order valence-electron chi connectivity index (χ1n) is 6.61. The molecule has 108 valence electrons. The molecule has 0 aromatic carbocycles. The monoisotopic (exact) mass is 285 g/mol. The van der Waals surface area contributed by atoms with Crippen LogP contribution in [0.4, 0.5) is 0 Å². The third-order valence-electron chi connectivity index (χ3n) is 2.62. The van der Waals surface area contributed by atoms with Gasteiger partial charge in [-0.1, -0.05) is 24.3 Å². The first-order chi connectivity index (χ1) is 9.00. The molecule has 0 bridgehead atoms. The second kappa shape index (κ2) is 7.81. The first kappa shape index (κ1) is 16.4. The van der Waals surface area contributed by atoms with E-state index in [0.717, 1.165) is 12.1 Å². The van der Waals surface area contributed by atoms with Gasteiger partial charge in [0, 0.05) is 6.54 Å². The molecular weight excluding hydrogens is 261 g/mol. The van der Waals surface area contributed by atoms with Gasteiger partial charge in [0.2, 0.25) is 0 Å². The van der Waals surface area contributed by atoms with E-state index in [4.69, 9.17) is 9.05 Å². The number of hydrogen-bond donors (Lipinski definition) is 0. The maximum absolute atomic E-state index is 12.4. The van der Waals surface area contributed by atoms with E-state index in [9.17, 15) is 4.57 Å². The van der Waals surface area contributed by atoms with Crippen LogP contribution in [0, 0.1) is 0 Å². The Morgan fingerprint density at radius 1 is 1.26 bits per heavy atom. The van der Waals surface area contributed by atoms with E-state index in [2.05, 4.69) is 11.0 Å². The highest BCUT2D eigenvalue weighted by Gasteiger charge is 2.22. The smallest absolute Gasteiger partial charge is 0.309 e. The topological polar surface area (TPSA) is 38.8 Å². The Labute approximate surface area is 116 Å². The van der Waals surface area contributed by atoms with Crippen molar-refractivity contribution in [2.45, 2.75) is 13.8 Å². The molecule has 0 aromatic heterocycles. The zero-order valence-corrected chi connectivity index (χ0v) is 13.2. The van der Waals surface area contributed by atoms with Crippen molar-refractivity contribution < 1.29 is 13.6 Å². The van der Waals surface area contributed by atoms with E-state index in [1.165, 1.54) is 5.57 Å². The molecule has 0 fully saturated rings. The van der Waals surface area contributed by atoms with E-state index in [1.807, 2.05) is 46.2 Å². The van der Waals surface area contributed by atoms with Crippen LogP contribution in [-0.4, -0.2) is 44.9 Å². The van der Waals surface area contributed by atoms with Gasteiger partial charge in [-0.2, -0.15) is 0 Å². The van der Waals surface area contributed by atoms with Crippen molar-refractivity contribution in [2.75, 3.05) is 40.0 Å². The average molecular weight is 285 g/mol. The van der Waals surface area contributed by atoms with Gasteiger partial charge in [0.15, 0.2) is 0 Å². The molecule has 0 saturated carbocycles. The van der Waals surface area contributed by atoms with E-state index in [0.29, 0.717) is 19.4 Å². The van der Waals surface area contributed by atoms with Crippen LogP contribution in [0.1, 0.15) is 13.8 Å². The summed E-state index contributed by atoms with van der Waals surface area (Å²) in [6.07, 6.45) is 8.39. The molecule has 0 N–H and O–H groups in total. The van der Waals surface area contributed by atoms with Gasteiger partial charge >= 0.3 is 7.60 Å². The lowest BCUT2D eigenvalue weighted by Crippen LogP contribution is -2.15. The Hall–Kier alpha value is -0.670. The maximum Gasteiger partial charge on any atom is 0.334 e. The average Bonchev–Trinajstić information content (AvgIpc) is 2.74. The lowest BCUT2D eigenvalue weighted by molar-refractivity contribution is 0.222. The summed E-state index contributed by atoms with van der Waals surface area (Å²) in [6, 6.07) is 0. The van der Waals surface area contributed by atoms with Gasteiger partial charge in [-0.3, -0.25) is 4.57 Å². The largest absolute Gasteiger partial charge is 0.334 e. The van der Waals surface area contributed by atoms with Gasteiger partial charge in [-0.05, 0) is 39.1 Å². The van der Waals surface area contributed by atoms with E-state index in [1.54, 1.807) is 0 Å². The Balaban J connectivity index is 2.71. The SMILES string of the molecule is CCOP(=O)(C/C=C1/C=CC=C1CN(C)C)OCC. The molecule has 5 heteroatoms. The van der Waals surface area contributed by atoms with E-state index in [-0.39, 0.29) is 0 Å². The molecular formula is C14H24NO3P. The fourth-order valence-electron chi connectivity index (χ4n) is 1.90. The standard InChI is InChI=1S/C14H24NO3P/c1-5-17-19(16,18-6-2)11-10-13-8-7-9-14(13)12-15(3)4/h7-10H,5-6,11-12H2,1-4H3/b13-10-. The quantitative estimate of drug-likeness (QED) is 0.642. The van der Waals surface area contributed by atoms with E-state index >= 15 is 0 Å². The fourth-order valence-corrected chi connectivity index (χ4v) is 3.39. The molecule has 0 saturated heterocycles. The lowest BCUT2D eigenvalue weighted by Gasteiger charge is -2.16. The van der Waals surface area contributed by atoms with Crippen LogP contribution in [-0.2, 0) is 13.6 Å². The third-order valence-corrected chi connectivity index (χ3v) is 4.55. The summed E-state index contributed by atoms with van der Waals surface area (Å²) in [6.45, 7) is 5.32. The molecule has 0 radical (unpaired) electrons. The molecule has 0 aliphatic heterocycles. The predicted octanol–water partition coefficient (Wildman–Crippen LogP) is 3.24. The Morgan fingerprint density at radius 2 is 1.89 bits per heavy atom. The summed E-state index contributed by atoms with van der Waals surface area (Å²) in [5, 5.41) is 0. The molecule has 1 aliphatic carbocycles. The van der Waals surface area contributed by atoms with Gasteiger partial charge < -0.3 is 13.9 Å². The maximum atomic E-state index is 12.4. The lowest BCUT2D eigenvalue weighted by atomic mass is 10.1. The van der Waals surface area contributed by atoms with Crippen LogP contribution in [0.3, 0.4) is 0 Å². The number of allylic oxidation sites excluding steroid dienone is 4. The summed E-state index contributed by atoms with van der Waals surface area (Å²) >= 11 is 0. The zero-order valence-electron chi connectivity index (χ0n) is 12.3. The fraction of sp³-hybridized carbons (Fsp3) is 0.571. The Bertz CT molecular complexity index is 414. The Morgan fingerprint density at radius 3 is 2.42 bits per heavy atom. The normalized spacial score (nSPS) is 17.5. The first-order valence-corrected chi connectivity index (χ1v) is 8.34. The van der Waals surface area contributed by atoms with Gasteiger partial charge in [0.1, 0.15) is 0 Å². The molecule has 0 atom stereocenters. The van der Waals surface area contributed by atoms with Crippen LogP contribution in [0.5, 0.6) is 0 Å². The minimum Gasteiger partial charge on any atom is -0.309 e. The van der Waals surface area contributed by atoms with Crippen molar-refractivity contribution in [1.29, 1.82) is 0 Å².